The van der Waals surface area contributed by atoms with E-state index in [-0.39, 0.29) is 0 Å². The molecule has 3 aromatic carbocycles. The number of ether oxygens (including phenoxy) is 1. The average Bonchev–Trinajstić information content (AvgIpc) is 2.63. The van der Waals surface area contributed by atoms with E-state index in [9.17, 15) is 0 Å². The van der Waals surface area contributed by atoms with Gasteiger partial charge in [-0.05, 0) is 61.4 Å². The Kier molecular flexibility index (Phi) is 6.59. The monoisotopic (exact) mass is 461 g/mol. The van der Waals surface area contributed by atoms with Gasteiger partial charge in [-0.15, -0.1) is 0 Å². The summed E-state index contributed by atoms with van der Waals surface area (Å²) >= 11 is 15.7. The molecule has 0 fully saturated rings. The maximum atomic E-state index is 6.24. The summed E-state index contributed by atoms with van der Waals surface area (Å²) in [5.41, 5.74) is 5.01. The summed E-state index contributed by atoms with van der Waals surface area (Å²) in [6.45, 7) is 4.46. The van der Waals surface area contributed by atoms with Crippen molar-refractivity contribution >= 4 is 51.0 Å². The largest absolute Gasteiger partial charge is 0.488 e. The van der Waals surface area contributed by atoms with Crippen LogP contribution in [0.1, 0.15) is 22.3 Å². The molecule has 0 atom stereocenters. The number of aryl methyl sites for hydroxylation is 2. The molecule has 138 valence electrons. The van der Waals surface area contributed by atoms with Crippen LogP contribution in [0.2, 0.25) is 10.0 Å². The molecule has 3 rings (SSSR count). The molecule has 0 radical (unpaired) electrons. The lowest BCUT2D eigenvalue weighted by Gasteiger charge is -2.11. The van der Waals surface area contributed by atoms with Gasteiger partial charge >= 0.3 is 0 Å². The second kappa shape index (κ2) is 8.92. The lowest BCUT2D eigenvalue weighted by Crippen LogP contribution is -1.99. The van der Waals surface area contributed by atoms with Crippen molar-refractivity contribution in [3.05, 3.63) is 91.4 Å². The van der Waals surface area contributed by atoms with Gasteiger partial charge in [0.15, 0.2) is 0 Å². The van der Waals surface area contributed by atoms with Crippen molar-refractivity contribution in [2.24, 2.45) is 4.99 Å². The van der Waals surface area contributed by atoms with E-state index >= 15 is 0 Å². The van der Waals surface area contributed by atoms with E-state index in [1.807, 2.05) is 37.4 Å². The van der Waals surface area contributed by atoms with E-state index in [0.29, 0.717) is 16.7 Å². The number of benzene rings is 3. The fourth-order valence-electron chi connectivity index (χ4n) is 2.54. The number of rotatable bonds is 5. The molecule has 3 aromatic rings. The van der Waals surface area contributed by atoms with Crippen LogP contribution in [-0.2, 0) is 6.61 Å². The summed E-state index contributed by atoms with van der Waals surface area (Å²) in [6.07, 6.45) is 1.82. The van der Waals surface area contributed by atoms with Crippen molar-refractivity contribution in [3.8, 4) is 5.75 Å². The zero-order chi connectivity index (χ0) is 19.4. The standard InChI is InChI=1S/C22H18BrCl2NO/c1-14-3-4-15(2)21(9-14)26-12-17-10-18(23)6-8-22(17)27-13-16-5-7-19(24)11-20(16)25/h3-12H,13H2,1-2H3. The van der Waals surface area contributed by atoms with E-state index in [1.54, 1.807) is 12.1 Å². The Morgan fingerprint density at radius 2 is 1.81 bits per heavy atom. The smallest absolute Gasteiger partial charge is 0.128 e. The lowest BCUT2D eigenvalue weighted by atomic mass is 10.1. The molecule has 0 N–H and O–H groups in total. The van der Waals surface area contributed by atoms with E-state index in [2.05, 4.69) is 46.0 Å². The van der Waals surface area contributed by atoms with Gasteiger partial charge in [0, 0.05) is 31.9 Å². The molecule has 0 aliphatic carbocycles. The maximum Gasteiger partial charge on any atom is 0.128 e. The molecule has 0 aliphatic rings. The number of hydrogen-bond acceptors (Lipinski definition) is 2. The molecular formula is C22H18BrCl2NO. The van der Waals surface area contributed by atoms with E-state index < -0.39 is 0 Å². The van der Waals surface area contributed by atoms with Crippen LogP contribution in [0.5, 0.6) is 5.75 Å². The number of aliphatic imine (C=N–C) groups is 1. The summed E-state index contributed by atoms with van der Waals surface area (Å²) in [5.74, 6) is 0.735. The van der Waals surface area contributed by atoms with Crippen LogP contribution in [0.15, 0.2) is 64.1 Å². The Bertz CT molecular complexity index is 1000. The highest BCUT2D eigenvalue weighted by Gasteiger charge is 2.07. The Morgan fingerprint density at radius 3 is 2.59 bits per heavy atom. The highest BCUT2D eigenvalue weighted by Crippen LogP contribution is 2.27. The van der Waals surface area contributed by atoms with Crippen LogP contribution in [-0.4, -0.2) is 6.21 Å². The predicted octanol–water partition coefficient (Wildman–Crippen LogP) is 7.70. The molecule has 0 bridgehead atoms. The predicted molar refractivity (Wildman–Crippen MR) is 118 cm³/mol. The molecule has 0 heterocycles. The SMILES string of the molecule is Cc1ccc(C)c(N=Cc2cc(Br)ccc2OCc2ccc(Cl)cc2Cl)c1. The normalized spacial score (nSPS) is 11.1. The summed E-state index contributed by atoms with van der Waals surface area (Å²) in [5, 5.41) is 1.19. The van der Waals surface area contributed by atoms with Crippen molar-refractivity contribution in [2.45, 2.75) is 20.5 Å². The van der Waals surface area contributed by atoms with Crippen LogP contribution in [0, 0.1) is 13.8 Å². The van der Waals surface area contributed by atoms with Gasteiger partial charge in [-0.1, -0.05) is 57.3 Å². The van der Waals surface area contributed by atoms with Gasteiger partial charge in [-0.2, -0.15) is 0 Å². The van der Waals surface area contributed by atoms with Gasteiger partial charge in [0.1, 0.15) is 12.4 Å². The first-order valence-electron chi connectivity index (χ1n) is 8.40. The fourth-order valence-corrected chi connectivity index (χ4v) is 3.39. The summed E-state index contributed by atoms with van der Waals surface area (Å²) in [6, 6.07) is 17.4. The molecule has 0 aliphatic heterocycles. The summed E-state index contributed by atoms with van der Waals surface area (Å²) < 4.78 is 6.96. The average molecular weight is 463 g/mol. The van der Waals surface area contributed by atoms with Gasteiger partial charge < -0.3 is 4.74 Å². The number of hydrogen-bond donors (Lipinski definition) is 0. The zero-order valence-electron chi connectivity index (χ0n) is 15.0. The van der Waals surface area contributed by atoms with Gasteiger partial charge in [0.05, 0.1) is 5.69 Å². The number of nitrogens with zero attached hydrogens (tertiary/aromatic N) is 1. The minimum Gasteiger partial charge on any atom is -0.488 e. The Labute approximate surface area is 177 Å². The second-order valence-corrected chi connectivity index (χ2v) is 8.01. The third-order valence-electron chi connectivity index (χ3n) is 4.08. The molecule has 0 aromatic heterocycles. The molecule has 0 unspecified atom stereocenters. The first-order chi connectivity index (χ1) is 12.9. The minimum absolute atomic E-state index is 0.349. The summed E-state index contributed by atoms with van der Waals surface area (Å²) in [7, 11) is 0. The van der Waals surface area contributed by atoms with Gasteiger partial charge in [0.25, 0.3) is 0 Å². The third kappa shape index (κ3) is 5.35. The van der Waals surface area contributed by atoms with E-state index in [4.69, 9.17) is 27.9 Å². The van der Waals surface area contributed by atoms with Crippen molar-refractivity contribution in [1.82, 2.24) is 0 Å². The fraction of sp³-hybridized carbons (Fsp3) is 0.136. The minimum atomic E-state index is 0.349. The molecule has 0 amide bonds. The van der Waals surface area contributed by atoms with Crippen LogP contribution >= 0.6 is 39.1 Å². The van der Waals surface area contributed by atoms with Gasteiger partial charge in [-0.3, -0.25) is 4.99 Å². The quantitative estimate of drug-likeness (QED) is 0.356. The second-order valence-electron chi connectivity index (χ2n) is 6.25. The Morgan fingerprint density at radius 1 is 1.00 bits per heavy atom. The molecule has 0 spiro atoms. The van der Waals surface area contributed by atoms with Gasteiger partial charge in [-0.25, -0.2) is 0 Å². The Balaban J connectivity index is 1.84. The van der Waals surface area contributed by atoms with Crippen molar-refractivity contribution in [1.29, 1.82) is 0 Å². The molecule has 2 nitrogen and oxygen atoms in total. The molecule has 0 saturated heterocycles. The van der Waals surface area contributed by atoms with E-state index in [1.165, 1.54) is 5.56 Å². The molecule has 5 heteroatoms. The van der Waals surface area contributed by atoms with Crippen LogP contribution in [0.4, 0.5) is 5.69 Å². The highest BCUT2D eigenvalue weighted by atomic mass is 79.9. The molecular weight excluding hydrogens is 445 g/mol. The van der Waals surface area contributed by atoms with Crippen molar-refractivity contribution < 1.29 is 4.74 Å². The molecule has 0 saturated carbocycles. The topological polar surface area (TPSA) is 21.6 Å². The van der Waals surface area contributed by atoms with Gasteiger partial charge in [0.2, 0.25) is 0 Å². The first-order valence-corrected chi connectivity index (χ1v) is 9.95. The van der Waals surface area contributed by atoms with Crippen LogP contribution < -0.4 is 4.74 Å². The lowest BCUT2D eigenvalue weighted by molar-refractivity contribution is 0.306. The first kappa shape index (κ1) is 19.9. The maximum absolute atomic E-state index is 6.24. The van der Waals surface area contributed by atoms with Crippen LogP contribution in [0.25, 0.3) is 0 Å². The number of halogens is 3. The summed E-state index contributed by atoms with van der Waals surface area (Å²) in [4.78, 5) is 4.65. The Hall–Kier alpha value is -1.81. The molecule has 27 heavy (non-hydrogen) atoms. The van der Waals surface area contributed by atoms with Crippen LogP contribution in [0.3, 0.4) is 0 Å². The highest BCUT2D eigenvalue weighted by molar-refractivity contribution is 9.10. The third-order valence-corrected chi connectivity index (χ3v) is 5.16. The van der Waals surface area contributed by atoms with Crippen molar-refractivity contribution in [2.75, 3.05) is 0 Å². The van der Waals surface area contributed by atoms with Crippen molar-refractivity contribution in [3.63, 3.8) is 0 Å². The van der Waals surface area contributed by atoms with E-state index in [0.717, 1.165) is 32.6 Å². The zero-order valence-corrected chi connectivity index (χ0v) is 18.1.